The molecule has 0 aromatic heterocycles. The van der Waals surface area contributed by atoms with Gasteiger partial charge in [-0.25, -0.2) is 8.42 Å². The van der Waals surface area contributed by atoms with Crippen LogP contribution in [0.5, 0.6) is 0 Å². The van der Waals surface area contributed by atoms with Crippen LogP contribution in [0.15, 0.2) is 47.4 Å². The predicted molar refractivity (Wildman–Crippen MR) is 134 cm³/mol. The first-order valence-corrected chi connectivity index (χ1v) is 14.4. The van der Waals surface area contributed by atoms with E-state index in [1.165, 1.54) is 43.1 Å². The fraction of sp³-hybridized carbons (Fsp3) is 0.519. The summed E-state index contributed by atoms with van der Waals surface area (Å²) in [5.41, 5.74) is 4.72. The second kappa shape index (κ2) is 9.80. The van der Waals surface area contributed by atoms with Gasteiger partial charge in [-0.1, -0.05) is 43.2 Å². The Balaban J connectivity index is 1.17. The monoisotopic (exact) mass is 481 g/mol. The van der Waals surface area contributed by atoms with E-state index in [9.17, 15) is 13.2 Å². The van der Waals surface area contributed by atoms with Crippen LogP contribution in [0, 0.1) is 0 Å². The van der Waals surface area contributed by atoms with Gasteiger partial charge in [-0.05, 0) is 53.6 Å². The molecule has 7 heteroatoms. The Hall–Kier alpha value is -2.22. The highest BCUT2D eigenvalue weighted by Gasteiger charge is 2.29. The van der Waals surface area contributed by atoms with Crippen molar-refractivity contribution in [1.29, 1.82) is 0 Å². The van der Waals surface area contributed by atoms with Gasteiger partial charge in [0.25, 0.3) is 0 Å². The summed E-state index contributed by atoms with van der Waals surface area (Å²) >= 11 is 0. The number of rotatable bonds is 5. The Labute approximate surface area is 203 Å². The van der Waals surface area contributed by atoms with E-state index >= 15 is 0 Å². The maximum absolute atomic E-state index is 13.0. The fourth-order valence-corrected chi connectivity index (χ4v) is 6.35. The van der Waals surface area contributed by atoms with Gasteiger partial charge in [-0.2, -0.15) is 0 Å². The van der Waals surface area contributed by atoms with Crippen LogP contribution in [-0.4, -0.2) is 80.6 Å². The molecule has 2 aliphatic heterocycles. The number of piperazine rings is 1. The molecule has 0 bridgehead atoms. The average molecular weight is 482 g/mol. The van der Waals surface area contributed by atoms with E-state index in [1.807, 2.05) is 12.1 Å². The summed E-state index contributed by atoms with van der Waals surface area (Å²) in [6.45, 7) is 5.95. The van der Waals surface area contributed by atoms with Gasteiger partial charge in [0.05, 0.1) is 11.4 Å². The molecular weight excluding hydrogens is 446 g/mol. The summed E-state index contributed by atoms with van der Waals surface area (Å²) in [6, 6.07) is 14.3. The molecule has 182 valence electrons. The third-order valence-electron chi connectivity index (χ3n) is 7.78. The van der Waals surface area contributed by atoms with E-state index in [4.69, 9.17) is 0 Å². The van der Waals surface area contributed by atoms with E-state index in [0.29, 0.717) is 11.4 Å². The largest absolute Gasteiger partial charge is 0.339 e. The first-order chi connectivity index (χ1) is 16.4. The summed E-state index contributed by atoms with van der Waals surface area (Å²) in [5, 5.41) is 0. The molecule has 2 aromatic carbocycles. The number of benzene rings is 2. The van der Waals surface area contributed by atoms with Crippen molar-refractivity contribution in [2.24, 2.45) is 0 Å². The molecular formula is C27H35N3O3S. The van der Waals surface area contributed by atoms with Crippen LogP contribution < -0.4 is 0 Å². The zero-order valence-corrected chi connectivity index (χ0v) is 20.9. The lowest BCUT2D eigenvalue weighted by Crippen LogP contribution is -2.53. The van der Waals surface area contributed by atoms with E-state index < -0.39 is 9.84 Å². The molecule has 1 amide bonds. The molecule has 3 aliphatic rings. The third-order valence-corrected chi connectivity index (χ3v) is 8.91. The van der Waals surface area contributed by atoms with E-state index in [-0.39, 0.29) is 5.91 Å². The molecule has 5 rings (SSSR count). The number of carbonyl (C=O) groups is 1. The van der Waals surface area contributed by atoms with E-state index in [2.05, 4.69) is 32.9 Å². The molecule has 0 N–H and O–H groups in total. The maximum atomic E-state index is 13.0. The molecule has 0 spiro atoms. The normalized spacial score (nSPS) is 20.4. The van der Waals surface area contributed by atoms with E-state index in [0.717, 1.165) is 62.9 Å². The van der Waals surface area contributed by atoms with Gasteiger partial charge >= 0.3 is 0 Å². The Morgan fingerprint density at radius 1 is 0.882 bits per heavy atom. The van der Waals surface area contributed by atoms with Crippen molar-refractivity contribution in [1.82, 2.24) is 14.7 Å². The number of hydrogen-bond acceptors (Lipinski definition) is 5. The number of sulfone groups is 1. The summed E-state index contributed by atoms with van der Waals surface area (Å²) < 4.78 is 23.4. The van der Waals surface area contributed by atoms with Crippen LogP contribution in [-0.2, 0) is 27.6 Å². The smallest absolute Gasteiger partial charge is 0.236 e. The summed E-state index contributed by atoms with van der Waals surface area (Å²) in [5.74, 6) is 0.261. The summed E-state index contributed by atoms with van der Waals surface area (Å²) in [7, 11) is -3.19. The molecule has 2 aromatic rings. The van der Waals surface area contributed by atoms with Crippen molar-refractivity contribution in [2.45, 2.75) is 49.6 Å². The Bertz CT molecular complexity index is 1130. The number of hydrogen-bond donors (Lipinski definition) is 0. The van der Waals surface area contributed by atoms with Crippen LogP contribution in [0.25, 0.3) is 11.1 Å². The first kappa shape index (κ1) is 23.5. The average Bonchev–Trinajstić information content (AvgIpc) is 3.38. The molecule has 1 saturated carbocycles. The molecule has 1 saturated heterocycles. The van der Waals surface area contributed by atoms with Gasteiger partial charge in [0.1, 0.15) is 0 Å². The lowest BCUT2D eigenvalue weighted by Gasteiger charge is -2.39. The third kappa shape index (κ3) is 5.21. The minimum Gasteiger partial charge on any atom is -0.339 e. The fourth-order valence-electron chi connectivity index (χ4n) is 5.72. The van der Waals surface area contributed by atoms with Crippen molar-refractivity contribution in [3.8, 4) is 11.1 Å². The maximum Gasteiger partial charge on any atom is 0.236 e. The molecule has 6 nitrogen and oxygen atoms in total. The van der Waals surface area contributed by atoms with Crippen molar-refractivity contribution in [2.75, 3.05) is 45.5 Å². The van der Waals surface area contributed by atoms with Gasteiger partial charge in [-0.15, -0.1) is 0 Å². The van der Waals surface area contributed by atoms with Gasteiger partial charge in [-0.3, -0.25) is 14.6 Å². The molecule has 0 atom stereocenters. The van der Waals surface area contributed by atoms with Gasteiger partial charge < -0.3 is 4.90 Å². The Morgan fingerprint density at radius 2 is 1.56 bits per heavy atom. The number of amides is 1. The topological polar surface area (TPSA) is 60.9 Å². The summed E-state index contributed by atoms with van der Waals surface area (Å²) in [6.07, 6.45) is 7.53. The Morgan fingerprint density at radius 3 is 2.24 bits per heavy atom. The van der Waals surface area contributed by atoms with Crippen LogP contribution >= 0.6 is 0 Å². The number of carbonyl (C=O) groups excluding carboxylic acids is 1. The highest BCUT2D eigenvalue weighted by atomic mass is 32.2. The minimum absolute atomic E-state index is 0.261. The molecule has 2 fully saturated rings. The van der Waals surface area contributed by atoms with Crippen molar-refractivity contribution >= 4 is 15.7 Å². The summed E-state index contributed by atoms with van der Waals surface area (Å²) in [4.78, 5) is 20.2. The first-order valence-electron chi connectivity index (χ1n) is 12.5. The van der Waals surface area contributed by atoms with Crippen LogP contribution in [0.4, 0.5) is 0 Å². The lowest BCUT2D eigenvalue weighted by atomic mass is 9.94. The number of fused-ring (bicyclic) bond motifs is 1. The van der Waals surface area contributed by atoms with E-state index in [1.54, 1.807) is 12.1 Å². The second-order valence-electron chi connectivity index (χ2n) is 10.1. The number of nitrogens with zero attached hydrogens (tertiary/aromatic N) is 3. The zero-order chi connectivity index (χ0) is 23.7. The molecule has 2 heterocycles. The zero-order valence-electron chi connectivity index (χ0n) is 20.1. The van der Waals surface area contributed by atoms with Gasteiger partial charge in [0.2, 0.25) is 5.91 Å². The quantitative estimate of drug-likeness (QED) is 0.656. The minimum atomic E-state index is -3.19. The molecule has 1 aliphatic carbocycles. The highest BCUT2D eigenvalue weighted by Crippen LogP contribution is 2.28. The standard InChI is InChI=1S/C27H35N3O3S/c1-34(32,33)26-10-8-21(9-11-26)22-6-7-24-19-28(13-12-23(24)18-22)20-27(31)30-16-14-29(15-17-30)25-4-2-3-5-25/h6-11,18,25H,2-5,12-17,19-20H2,1H3. The molecule has 34 heavy (non-hydrogen) atoms. The van der Waals surface area contributed by atoms with Gasteiger partial charge in [0.15, 0.2) is 9.84 Å². The van der Waals surface area contributed by atoms with Crippen molar-refractivity contribution in [3.63, 3.8) is 0 Å². The van der Waals surface area contributed by atoms with Crippen molar-refractivity contribution < 1.29 is 13.2 Å². The highest BCUT2D eigenvalue weighted by molar-refractivity contribution is 7.90. The molecule has 0 radical (unpaired) electrons. The Kier molecular flexibility index (Phi) is 6.78. The van der Waals surface area contributed by atoms with Crippen LogP contribution in [0.2, 0.25) is 0 Å². The lowest BCUT2D eigenvalue weighted by molar-refractivity contribution is -0.134. The van der Waals surface area contributed by atoms with Crippen LogP contribution in [0.1, 0.15) is 36.8 Å². The SMILES string of the molecule is CS(=O)(=O)c1ccc(-c2ccc3c(c2)CCN(CC(=O)N2CCN(C4CCCC4)CC2)C3)cc1. The van der Waals surface area contributed by atoms with Crippen LogP contribution in [0.3, 0.4) is 0 Å². The second-order valence-corrected chi connectivity index (χ2v) is 12.1. The van der Waals surface area contributed by atoms with Gasteiger partial charge in [0, 0.05) is 51.6 Å². The molecule has 0 unspecified atom stereocenters. The van der Waals surface area contributed by atoms with Crippen molar-refractivity contribution in [3.05, 3.63) is 53.6 Å². The predicted octanol–water partition coefficient (Wildman–Crippen LogP) is 3.20.